The van der Waals surface area contributed by atoms with Crippen LogP contribution in [-0.4, -0.2) is 38.6 Å². The van der Waals surface area contributed by atoms with Crippen LogP contribution < -0.4 is 4.74 Å². The molecule has 0 saturated carbocycles. The van der Waals surface area contributed by atoms with E-state index >= 15 is 0 Å². The maximum Gasteiger partial charge on any atom is 0.133 e. The smallest absolute Gasteiger partial charge is 0.133 e. The molecule has 0 aliphatic carbocycles. The second-order valence-corrected chi connectivity index (χ2v) is 5.45. The largest absolute Gasteiger partial charge is 0.490 e. The molecular formula is C14H19BrO4. The van der Waals surface area contributed by atoms with Crippen molar-refractivity contribution >= 4 is 15.9 Å². The predicted molar refractivity (Wildman–Crippen MR) is 75.4 cm³/mol. The van der Waals surface area contributed by atoms with Gasteiger partial charge < -0.3 is 19.3 Å². The molecule has 1 N–H and O–H groups in total. The molecule has 1 saturated heterocycles. The van der Waals surface area contributed by atoms with Gasteiger partial charge >= 0.3 is 0 Å². The van der Waals surface area contributed by atoms with Crippen molar-refractivity contribution in [3.63, 3.8) is 0 Å². The van der Waals surface area contributed by atoms with E-state index in [1.54, 1.807) is 7.11 Å². The summed E-state index contributed by atoms with van der Waals surface area (Å²) in [6.07, 6.45) is 0.428. The zero-order valence-corrected chi connectivity index (χ0v) is 12.6. The Kier molecular flexibility index (Phi) is 5.63. The molecule has 2 unspecified atom stereocenters. The van der Waals surface area contributed by atoms with Gasteiger partial charge in [-0.05, 0) is 40.0 Å². The molecule has 1 aliphatic rings. The third-order valence-electron chi connectivity index (χ3n) is 3.25. The molecule has 2 rings (SSSR count). The van der Waals surface area contributed by atoms with Crippen molar-refractivity contribution in [3.05, 3.63) is 28.2 Å². The highest BCUT2D eigenvalue weighted by molar-refractivity contribution is 9.10. The lowest BCUT2D eigenvalue weighted by Gasteiger charge is -2.18. The first-order valence-corrected chi connectivity index (χ1v) is 7.18. The third kappa shape index (κ3) is 3.92. The molecule has 5 heteroatoms. The zero-order chi connectivity index (χ0) is 13.7. The molecule has 0 radical (unpaired) electrons. The van der Waals surface area contributed by atoms with Crippen LogP contribution in [0.1, 0.15) is 18.1 Å². The van der Waals surface area contributed by atoms with Gasteiger partial charge in [0, 0.05) is 19.6 Å². The fraction of sp³-hybridized carbons (Fsp3) is 0.571. The monoisotopic (exact) mass is 330 g/mol. The molecule has 0 aromatic heterocycles. The van der Waals surface area contributed by atoms with Crippen molar-refractivity contribution in [1.29, 1.82) is 0 Å². The molecule has 4 nitrogen and oxygen atoms in total. The summed E-state index contributed by atoms with van der Waals surface area (Å²) < 4.78 is 16.7. The van der Waals surface area contributed by atoms with Crippen LogP contribution in [0.4, 0.5) is 0 Å². The second-order valence-electron chi connectivity index (χ2n) is 4.60. The van der Waals surface area contributed by atoms with Gasteiger partial charge in [0.15, 0.2) is 0 Å². The molecular weight excluding hydrogens is 312 g/mol. The van der Waals surface area contributed by atoms with Gasteiger partial charge in [0.25, 0.3) is 0 Å². The lowest BCUT2D eigenvalue weighted by atomic mass is 9.95. The minimum absolute atomic E-state index is 0.187. The van der Waals surface area contributed by atoms with Crippen molar-refractivity contribution in [2.24, 2.45) is 5.92 Å². The van der Waals surface area contributed by atoms with E-state index in [9.17, 15) is 5.11 Å². The van der Waals surface area contributed by atoms with Crippen molar-refractivity contribution in [3.8, 4) is 5.75 Å². The van der Waals surface area contributed by atoms with Gasteiger partial charge in [-0.3, -0.25) is 0 Å². The highest BCUT2D eigenvalue weighted by Gasteiger charge is 2.25. The summed E-state index contributed by atoms with van der Waals surface area (Å²) in [5, 5.41) is 10.3. The predicted octanol–water partition coefficient (Wildman–Crippen LogP) is 2.54. The number of rotatable bonds is 6. The Morgan fingerprint density at radius 2 is 2.32 bits per heavy atom. The molecule has 2 atom stereocenters. The molecule has 1 aliphatic heterocycles. The van der Waals surface area contributed by atoms with Crippen LogP contribution in [-0.2, 0) is 9.47 Å². The van der Waals surface area contributed by atoms with Crippen LogP contribution in [0.2, 0.25) is 0 Å². The van der Waals surface area contributed by atoms with Gasteiger partial charge in [-0.25, -0.2) is 0 Å². The molecule has 1 aromatic carbocycles. The average Bonchev–Trinajstić information content (AvgIpc) is 2.94. The molecule has 1 aromatic rings. The Bertz CT molecular complexity index is 404. The van der Waals surface area contributed by atoms with Crippen LogP contribution in [0.25, 0.3) is 0 Å². The molecule has 0 bridgehead atoms. The average molecular weight is 331 g/mol. The van der Waals surface area contributed by atoms with Crippen molar-refractivity contribution in [2.75, 3.05) is 33.5 Å². The number of aliphatic hydroxyl groups excluding tert-OH is 1. The topological polar surface area (TPSA) is 47.9 Å². The van der Waals surface area contributed by atoms with Crippen molar-refractivity contribution in [2.45, 2.75) is 12.5 Å². The zero-order valence-electron chi connectivity index (χ0n) is 11.0. The fourth-order valence-corrected chi connectivity index (χ4v) is 2.64. The molecule has 0 spiro atoms. The highest BCUT2D eigenvalue weighted by atomic mass is 79.9. The Morgan fingerprint density at radius 3 is 2.95 bits per heavy atom. The Labute approximate surface area is 121 Å². The maximum absolute atomic E-state index is 10.3. The number of ether oxygens (including phenoxy) is 3. The van der Waals surface area contributed by atoms with Crippen molar-refractivity contribution in [1.82, 2.24) is 0 Å². The summed E-state index contributed by atoms with van der Waals surface area (Å²) in [6.45, 7) is 2.43. The highest BCUT2D eigenvalue weighted by Crippen LogP contribution is 2.33. The number of aliphatic hydroxyl groups is 1. The van der Waals surface area contributed by atoms with Crippen LogP contribution >= 0.6 is 15.9 Å². The number of halogens is 1. The number of methoxy groups -OCH3 is 1. The van der Waals surface area contributed by atoms with Gasteiger partial charge in [0.1, 0.15) is 12.4 Å². The van der Waals surface area contributed by atoms with E-state index in [1.165, 1.54) is 0 Å². The summed E-state index contributed by atoms with van der Waals surface area (Å²) in [6, 6.07) is 5.68. The maximum atomic E-state index is 10.3. The van der Waals surface area contributed by atoms with Gasteiger partial charge in [-0.2, -0.15) is 0 Å². The number of hydrogen-bond acceptors (Lipinski definition) is 4. The molecule has 106 valence electrons. The van der Waals surface area contributed by atoms with Crippen LogP contribution in [0.5, 0.6) is 5.75 Å². The lowest BCUT2D eigenvalue weighted by molar-refractivity contribution is 0.0916. The standard InChI is InChI=1S/C14H19BrO4/c1-17-6-7-19-13-3-2-10(8-12(13)15)14(16)11-4-5-18-9-11/h2-3,8,11,14,16H,4-7,9H2,1H3. The Balaban J connectivity index is 2.00. The summed E-state index contributed by atoms with van der Waals surface area (Å²) in [4.78, 5) is 0. The summed E-state index contributed by atoms with van der Waals surface area (Å²) >= 11 is 3.47. The Hall–Kier alpha value is -0.620. The van der Waals surface area contributed by atoms with Crippen molar-refractivity contribution < 1.29 is 19.3 Å². The van der Waals surface area contributed by atoms with Crippen LogP contribution in [0.15, 0.2) is 22.7 Å². The number of benzene rings is 1. The first-order chi connectivity index (χ1) is 9.22. The second kappa shape index (κ2) is 7.24. The van der Waals surface area contributed by atoms with Gasteiger partial charge in [0.2, 0.25) is 0 Å². The van der Waals surface area contributed by atoms with Crippen LogP contribution in [0.3, 0.4) is 0 Å². The SMILES string of the molecule is COCCOc1ccc(C(O)C2CCOC2)cc1Br. The van der Waals surface area contributed by atoms with E-state index < -0.39 is 6.10 Å². The third-order valence-corrected chi connectivity index (χ3v) is 3.87. The summed E-state index contributed by atoms with van der Waals surface area (Å²) in [5.74, 6) is 0.947. The fourth-order valence-electron chi connectivity index (χ4n) is 2.13. The minimum Gasteiger partial charge on any atom is -0.490 e. The first kappa shape index (κ1) is 14.8. The quantitative estimate of drug-likeness (QED) is 0.814. The van der Waals surface area contributed by atoms with Crippen LogP contribution in [0, 0.1) is 5.92 Å². The van der Waals surface area contributed by atoms with Gasteiger partial charge in [-0.15, -0.1) is 0 Å². The summed E-state index contributed by atoms with van der Waals surface area (Å²) in [7, 11) is 1.64. The lowest BCUT2D eigenvalue weighted by Crippen LogP contribution is -2.12. The first-order valence-electron chi connectivity index (χ1n) is 6.39. The Morgan fingerprint density at radius 1 is 1.47 bits per heavy atom. The van der Waals surface area contributed by atoms with Gasteiger partial charge in [0.05, 0.1) is 23.8 Å². The normalized spacial score (nSPS) is 20.5. The van der Waals surface area contributed by atoms with Gasteiger partial charge in [-0.1, -0.05) is 6.07 Å². The van der Waals surface area contributed by atoms with E-state index in [1.807, 2.05) is 18.2 Å². The summed E-state index contributed by atoms with van der Waals surface area (Å²) in [5.41, 5.74) is 0.890. The van der Waals surface area contributed by atoms with E-state index in [0.717, 1.165) is 28.8 Å². The van der Waals surface area contributed by atoms with E-state index in [4.69, 9.17) is 14.2 Å². The molecule has 1 fully saturated rings. The van der Waals surface area contributed by atoms with E-state index in [-0.39, 0.29) is 5.92 Å². The minimum atomic E-state index is -0.480. The molecule has 19 heavy (non-hydrogen) atoms. The molecule has 0 amide bonds. The molecule has 1 heterocycles. The van der Waals surface area contributed by atoms with E-state index in [0.29, 0.717) is 19.8 Å². The van der Waals surface area contributed by atoms with E-state index in [2.05, 4.69) is 15.9 Å². The number of hydrogen-bond donors (Lipinski definition) is 1.